The largest absolute Gasteiger partial charge is 0.364 e. The lowest BCUT2D eigenvalue weighted by molar-refractivity contribution is 0.519. The average molecular weight is 215 g/mol. The molecule has 0 saturated carbocycles. The highest BCUT2D eigenvalue weighted by molar-refractivity contribution is 7.80. The maximum atomic E-state index is 7.44. The van der Waals surface area contributed by atoms with Crippen molar-refractivity contribution in [1.29, 1.82) is 10.8 Å². The molecular weight excluding hydrogens is 194 g/mol. The van der Waals surface area contributed by atoms with Crippen molar-refractivity contribution in [3.63, 3.8) is 0 Å². The van der Waals surface area contributed by atoms with Crippen LogP contribution < -0.4 is 0 Å². The van der Waals surface area contributed by atoms with Gasteiger partial charge in [0.25, 0.3) is 0 Å². The second-order valence-electron chi connectivity index (χ2n) is 2.68. The van der Waals surface area contributed by atoms with Gasteiger partial charge in [-0.2, -0.15) is 12.6 Å². The Balaban J connectivity index is 0. The van der Waals surface area contributed by atoms with Crippen LogP contribution in [0.2, 0.25) is 0 Å². The molecule has 0 aromatic carbocycles. The van der Waals surface area contributed by atoms with Gasteiger partial charge in [0.1, 0.15) is 0 Å². The number of rotatable bonds is 4. The first kappa shape index (κ1) is 15.7. The van der Waals surface area contributed by atoms with Crippen molar-refractivity contribution in [2.24, 2.45) is 0 Å². The Kier molecular flexibility index (Phi) is 9.88. The molecule has 0 saturated heterocycles. The van der Waals surface area contributed by atoms with Crippen LogP contribution in [0.15, 0.2) is 11.8 Å². The molecule has 0 rings (SSSR count). The van der Waals surface area contributed by atoms with Crippen molar-refractivity contribution in [1.82, 2.24) is 4.90 Å². The van der Waals surface area contributed by atoms with Crippen molar-refractivity contribution in [2.45, 2.75) is 27.7 Å². The Morgan fingerprint density at radius 1 is 1.29 bits per heavy atom. The van der Waals surface area contributed by atoms with E-state index in [1.807, 2.05) is 25.8 Å². The summed E-state index contributed by atoms with van der Waals surface area (Å²) in [6, 6.07) is 0. The SMILES string of the molecule is CC.CC(=N)/C=C(\C(C)=N)N(C)CS. The molecule has 0 amide bonds. The van der Waals surface area contributed by atoms with Crippen molar-refractivity contribution in [2.75, 3.05) is 12.9 Å². The van der Waals surface area contributed by atoms with Crippen LogP contribution >= 0.6 is 12.6 Å². The van der Waals surface area contributed by atoms with E-state index in [1.165, 1.54) is 0 Å². The first-order valence-corrected chi connectivity index (χ1v) is 5.26. The standard InChI is InChI=1S/C8H15N3S.C2H6/c1-6(9)4-8(7(2)10)11(3)5-12;1-2/h4,9-10,12H,5H2,1-3H3;1-2H3/b8-4+,9-6?,10-7?;. The molecule has 0 aliphatic carbocycles. The van der Waals surface area contributed by atoms with Gasteiger partial charge in [0, 0.05) is 12.8 Å². The molecule has 3 nitrogen and oxygen atoms in total. The molecule has 0 unspecified atom stereocenters. The highest BCUT2D eigenvalue weighted by Gasteiger charge is 2.04. The quantitative estimate of drug-likeness (QED) is 0.377. The number of hydrogen-bond donors (Lipinski definition) is 3. The first-order valence-electron chi connectivity index (χ1n) is 4.63. The summed E-state index contributed by atoms with van der Waals surface area (Å²) in [5, 5.41) is 14.7. The van der Waals surface area contributed by atoms with Crippen LogP contribution in [0.1, 0.15) is 27.7 Å². The molecule has 0 bridgehead atoms. The maximum Gasteiger partial charge on any atom is 0.0607 e. The van der Waals surface area contributed by atoms with Crippen LogP contribution in [0, 0.1) is 10.8 Å². The molecule has 2 N–H and O–H groups in total. The third-order valence-corrected chi connectivity index (χ3v) is 1.79. The van der Waals surface area contributed by atoms with E-state index in [0.29, 0.717) is 17.3 Å². The fourth-order valence-electron chi connectivity index (χ4n) is 0.786. The van der Waals surface area contributed by atoms with Crippen LogP contribution in [0.4, 0.5) is 0 Å². The van der Waals surface area contributed by atoms with Gasteiger partial charge in [0.2, 0.25) is 0 Å². The van der Waals surface area contributed by atoms with E-state index in [2.05, 4.69) is 12.6 Å². The summed E-state index contributed by atoms with van der Waals surface area (Å²) in [6.07, 6.45) is 1.67. The number of allylic oxidation sites excluding steroid dienone is 2. The van der Waals surface area contributed by atoms with Crippen LogP contribution in [0.3, 0.4) is 0 Å². The van der Waals surface area contributed by atoms with Gasteiger partial charge in [-0.1, -0.05) is 13.8 Å². The van der Waals surface area contributed by atoms with Gasteiger partial charge in [-0.25, -0.2) is 0 Å². The molecule has 0 spiro atoms. The third kappa shape index (κ3) is 6.71. The van der Waals surface area contributed by atoms with E-state index >= 15 is 0 Å². The minimum Gasteiger partial charge on any atom is -0.364 e. The zero-order valence-corrected chi connectivity index (χ0v) is 10.6. The van der Waals surface area contributed by atoms with Gasteiger partial charge in [0.05, 0.1) is 17.3 Å². The topological polar surface area (TPSA) is 50.9 Å². The second-order valence-corrected chi connectivity index (χ2v) is 2.96. The van der Waals surface area contributed by atoms with Gasteiger partial charge in [-0.05, 0) is 19.9 Å². The smallest absolute Gasteiger partial charge is 0.0607 e. The lowest BCUT2D eigenvalue weighted by atomic mass is 10.2. The highest BCUT2D eigenvalue weighted by atomic mass is 32.1. The van der Waals surface area contributed by atoms with Crippen LogP contribution in [-0.4, -0.2) is 29.2 Å². The number of nitrogens with one attached hydrogen (secondary N) is 2. The van der Waals surface area contributed by atoms with Crippen LogP contribution in [0.25, 0.3) is 0 Å². The van der Waals surface area contributed by atoms with Gasteiger partial charge in [0.15, 0.2) is 0 Å². The summed E-state index contributed by atoms with van der Waals surface area (Å²) >= 11 is 4.09. The second kappa shape index (κ2) is 8.81. The Bertz CT molecular complexity index is 221. The molecule has 0 aliphatic heterocycles. The molecule has 0 radical (unpaired) electrons. The van der Waals surface area contributed by atoms with Crippen molar-refractivity contribution in [3.05, 3.63) is 11.8 Å². The van der Waals surface area contributed by atoms with Gasteiger partial charge < -0.3 is 15.7 Å². The van der Waals surface area contributed by atoms with Crippen LogP contribution in [0.5, 0.6) is 0 Å². The van der Waals surface area contributed by atoms with E-state index < -0.39 is 0 Å². The first-order chi connectivity index (χ1) is 6.49. The Labute approximate surface area is 92.6 Å². The summed E-state index contributed by atoms with van der Waals surface area (Å²) < 4.78 is 0. The predicted molar refractivity (Wildman–Crippen MR) is 67.8 cm³/mol. The van der Waals surface area contributed by atoms with E-state index in [-0.39, 0.29) is 0 Å². The van der Waals surface area contributed by atoms with E-state index in [1.54, 1.807) is 19.9 Å². The fourth-order valence-corrected chi connectivity index (χ4v) is 0.938. The lowest BCUT2D eigenvalue weighted by Crippen LogP contribution is -2.21. The molecule has 0 fully saturated rings. The molecule has 0 heterocycles. The molecule has 0 aliphatic rings. The summed E-state index contributed by atoms with van der Waals surface area (Å²) in [5.74, 6) is 0.551. The highest BCUT2D eigenvalue weighted by Crippen LogP contribution is 2.04. The fraction of sp³-hybridized carbons (Fsp3) is 0.600. The average Bonchev–Trinajstić information content (AvgIpc) is 2.15. The summed E-state index contributed by atoms with van der Waals surface area (Å²) in [4.78, 5) is 1.82. The number of nitrogens with zero attached hydrogens (tertiary/aromatic N) is 1. The maximum absolute atomic E-state index is 7.44. The summed E-state index contributed by atoms with van der Waals surface area (Å²) in [5.41, 5.74) is 1.65. The molecule has 14 heavy (non-hydrogen) atoms. The predicted octanol–water partition coefficient (Wildman–Crippen LogP) is 2.79. The van der Waals surface area contributed by atoms with Crippen LogP contribution in [-0.2, 0) is 0 Å². The van der Waals surface area contributed by atoms with Gasteiger partial charge >= 0.3 is 0 Å². The molecule has 4 heteroatoms. The Hall–Kier alpha value is -0.770. The molecular formula is C10H21N3S. The van der Waals surface area contributed by atoms with E-state index in [4.69, 9.17) is 10.8 Å². The Morgan fingerprint density at radius 3 is 1.93 bits per heavy atom. The Morgan fingerprint density at radius 2 is 1.71 bits per heavy atom. The molecule has 0 aromatic heterocycles. The van der Waals surface area contributed by atoms with Crippen molar-refractivity contribution in [3.8, 4) is 0 Å². The molecule has 0 aromatic rings. The molecule has 82 valence electrons. The van der Waals surface area contributed by atoms with Crippen molar-refractivity contribution >= 4 is 24.1 Å². The summed E-state index contributed by atoms with van der Waals surface area (Å²) in [7, 11) is 1.85. The van der Waals surface area contributed by atoms with E-state index in [9.17, 15) is 0 Å². The number of hydrogen-bond acceptors (Lipinski definition) is 4. The summed E-state index contributed by atoms with van der Waals surface area (Å²) in [6.45, 7) is 7.39. The van der Waals surface area contributed by atoms with Crippen molar-refractivity contribution < 1.29 is 0 Å². The number of thiol groups is 1. The zero-order chi connectivity index (χ0) is 11.7. The minimum atomic E-state index is 0.449. The van der Waals surface area contributed by atoms with E-state index in [0.717, 1.165) is 5.70 Å². The zero-order valence-electron chi connectivity index (χ0n) is 9.68. The monoisotopic (exact) mass is 215 g/mol. The van der Waals surface area contributed by atoms with Gasteiger partial charge in [-0.3, -0.25) is 0 Å². The van der Waals surface area contributed by atoms with Gasteiger partial charge in [-0.15, -0.1) is 0 Å². The minimum absolute atomic E-state index is 0.449. The third-order valence-electron chi connectivity index (χ3n) is 1.36. The molecule has 0 atom stereocenters. The lowest BCUT2D eigenvalue weighted by Gasteiger charge is -2.19. The normalized spacial score (nSPS) is 10.0.